The lowest BCUT2D eigenvalue weighted by Gasteiger charge is -2.28. The number of benzene rings is 1. The van der Waals surface area contributed by atoms with Gasteiger partial charge in [0.15, 0.2) is 5.78 Å². The fraction of sp³-hybridized carbons (Fsp3) is 0.588. The minimum Gasteiger partial charge on any atom is -0.493 e. The normalized spacial score (nSPS) is 34.6. The summed E-state index contributed by atoms with van der Waals surface area (Å²) in [6.45, 7) is 0.722. The van der Waals surface area contributed by atoms with Gasteiger partial charge in [0.25, 0.3) is 0 Å². The maximum Gasteiger partial charge on any atom is 0.171 e. The summed E-state index contributed by atoms with van der Waals surface area (Å²) in [5, 5.41) is 0. The first-order chi connectivity index (χ1) is 9.75. The number of nitrogens with two attached hydrogens (primary N) is 1. The zero-order chi connectivity index (χ0) is 13.7. The van der Waals surface area contributed by atoms with E-state index in [2.05, 4.69) is 6.07 Å². The predicted molar refractivity (Wildman–Crippen MR) is 76.9 cm³/mol. The van der Waals surface area contributed by atoms with E-state index in [1.807, 2.05) is 12.1 Å². The third-order valence-corrected chi connectivity index (χ3v) is 5.48. The summed E-state index contributed by atoms with van der Waals surface area (Å²) in [7, 11) is 0. The minimum atomic E-state index is 0.0192. The number of ketones is 1. The summed E-state index contributed by atoms with van der Waals surface area (Å²) in [5.41, 5.74) is 8.27. The highest BCUT2D eigenvalue weighted by atomic mass is 16.5. The number of rotatable bonds is 2. The van der Waals surface area contributed by atoms with Gasteiger partial charge in [-0.05, 0) is 55.6 Å². The van der Waals surface area contributed by atoms with Crippen LogP contribution in [0, 0.1) is 17.8 Å². The number of fused-ring (bicyclic) bond motifs is 3. The maximum absolute atomic E-state index is 13.0. The predicted octanol–water partition coefficient (Wildman–Crippen LogP) is 2.57. The van der Waals surface area contributed by atoms with E-state index >= 15 is 0 Å². The molecule has 1 aromatic carbocycles. The first-order valence-electron chi connectivity index (χ1n) is 7.80. The largest absolute Gasteiger partial charge is 0.493 e. The molecule has 0 spiro atoms. The summed E-state index contributed by atoms with van der Waals surface area (Å²) in [6, 6.07) is 6.04. The molecule has 1 heterocycles. The van der Waals surface area contributed by atoms with E-state index in [0.717, 1.165) is 37.2 Å². The molecule has 4 atom stereocenters. The standard InChI is InChI=1S/C17H21NO2/c18-15-12-7-6-11(9-12)14(15)16(19)13-5-1-3-10-4-2-8-20-17(10)13/h1,3,5,11-12,14-15H,2,4,6-9,18H2. The molecule has 106 valence electrons. The molecule has 0 amide bonds. The minimum absolute atomic E-state index is 0.0192. The van der Waals surface area contributed by atoms with Crippen molar-refractivity contribution < 1.29 is 9.53 Å². The number of hydrogen-bond donors (Lipinski definition) is 1. The monoisotopic (exact) mass is 271 g/mol. The van der Waals surface area contributed by atoms with Gasteiger partial charge in [0.05, 0.1) is 12.2 Å². The Labute approximate surface area is 119 Å². The van der Waals surface area contributed by atoms with E-state index in [4.69, 9.17) is 10.5 Å². The smallest absolute Gasteiger partial charge is 0.171 e. The molecule has 3 heteroatoms. The van der Waals surface area contributed by atoms with Gasteiger partial charge in [-0.3, -0.25) is 4.79 Å². The van der Waals surface area contributed by atoms with Crippen LogP contribution in [0.1, 0.15) is 41.6 Å². The number of carbonyl (C=O) groups is 1. The van der Waals surface area contributed by atoms with E-state index in [0.29, 0.717) is 11.8 Å². The van der Waals surface area contributed by atoms with Crippen molar-refractivity contribution in [1.82, 2.24) is 0 Å². The molecule has 1 aliphatic heterocycles. The van der Waals surface area contributed by atoms with Crippen LogP contribution in [0.15, 0.2) is 18.2 Å². The third-order valence-electron chi connectivity index (χ3n) is 5.48. The highest BCUT2D eigenvalue weighted by molar-refractivity contribution is 6.01. The van der Waals surface area contributed by atoms with Crippen LogP contribution in [0.3, 0.4) is 0 Å². The maximum atomic E-state index is 13.0. The summed E-state index contributed by atoms with van der Waals surface area (Å²) in [6.07, 6.45) is 5.58. The third kappa shape index (κ3) is 1.72. The van der Waals surface area contributed by atoms with Crippen molar-refractivity contribution in [2.75, 3.05) is 6.61 Å². The second-order valence-electron chi connectivity index (χ2n) is 6.55. The molecule has 20 heavy (non-hydrogen) atoms. The van der Waals surface area contributed by atoms with Crippen LogP contribution in [-0.2, 0) is 6.42 Å². The highest BCUT2D eigenvalue weighted by Gasteiger charge is 2.49. The molecule has 2 bridgehead atoms. The zero-order valence-electron chi connectivity index (χ0n) is 11.7. The van der Waals surface area contributed by atoms with Crippen molar-refractivity contribution in [1.29, 1.82) is 0 Å². The van der Waals surface area contributed by atoms with Crippen molar-refractivity contribution in [3.05, 3.63) is 29.3 Å². The molecule has 4 unspecified atom stereocenters. The Kier molecular flexibility index (Phi) is 2.84. The number of para-hydroxylation sites is 1. The van der Waals surface area contributed by atoms with Gasteiger partial charge in [0, 0.05) is 12.0 Å². The van der Waals surface area contributed by atoms with E-state index in [1.165, 1.54) is 18.4 Å². The molecular weight excluding hydrogens is 250 g/mol. The summed E-state index contributed by atoms with van der Waals surface area (Å²) < 4.78 is 5.79. The fourth-order valence-corrected chi connectivity index (χ4v) is 4.49. The van der Waals surface area contributed by atoms with E-state index in [9.17, 15) is 4.79 Å². The van der Waals surface area contributed by atoms with Gasteiger partial charge in [0.2, 0.25) is 0 Å². The summed E-state index contributed by atoms with van der Waals surface area (Å²) >= 11 is 0. The molecule has 2 N–H and O–H groups in total. The Morgan fingerprint density at radius 2 is 2.10 bits per heavy atom. The van der Waals surface area contributed by atoms with Crippen molar-refractivity contribution in [3.8, 4) is 5.75 Å². The SMILES string of the molecule is NC1C2CCC(C2)C1C(=O)c1cccc2c1OCCC2. The lowest BCUT2D eigenvalue weighted by molar-refractivity contribution is 0.0851. The number of carbonyl (C=O) groups excluding carboxylic acids is 1. The van der Waals surface area contributed by atoms with Gasteiger partial charge in [-0.1, -0.05) is 12.1 Å². The Morgan fingerprint density at radius 1 is 1.25 bits per heavy atom. The topological polar surface area (TPSA) is 52.3 Å². The molecule has 3 nitrogen and oxygen atoms in total. The molecule has 3 aliphatic rings. The van der Waals surface area contributed by atoms with Crippen LogP contribution >= 0.6 is 0 Å². The Hall–Kier alpha value is -1.35. The second-order valence-corrected chi connectivity index (χ2v) is 6.55. The van der Waals surface area contributed by atoms with E-state index in [-0.39, 0.29) is 17.7 Å². The van der Waals surface area contributed by atoms with Crippen molar-refractivity contribution in [3.63, 3.8) is 0 Å². The van der Waals surface area contributed by atoms with E-state index in [1.54, 1.807) is 0 Å². The number of ether oxygens (including phenoxy) is 1. The molecular formula is C17H21NO2. The molecule has 2 saturated carbocycles. The highest BCUT2D eigenvalue weighted by Crippen LogP contribution is 2.49. The summed E-state index contributed by atoms with van der Waals surface area (Å²) in [4.78, 5) is 13.0. The molecule has 4 rings (SSSR count). The number of aryl methyl sites for hydroxylation is 1. The van der Waals surface area contributed by atoms with Gasteiger partial charge in [-0.25, -0.2) is 0 Å². The van der Waals surface area contributed by atoms with Crippen LogP contribution in [-0.4, -0.2) is 18.4 Å². The van der Waals surface area contributed by atoms with E-state index < -0.39 is 0 Å². The molecule has 0 saturated heterocycles. The molecule has 1 aromatic rings. The van der Waals surface area contributed by atoms with Crippen LogP contribution in [0.5, 0.6) is 5.75 Å². The van der Waals surface area contributed by atoms with Gasteiger partial charge in [-0.2, -0.15) is 0 Å². The van der Waals surface area contributed by atoms with Crippen molar-refractivity contribution in [2.45, 2.75) is 38.1 Å². The van der Waals surface area contributed by atoms with Gasteiger partial charge >= 0.3 is 0 Å². The number of Topliss-reactive ketones (excluding diaryl/α,β-unsaturated/α-hetero) is 1. The lowest BCUT2D eigenvalue weighted by atomic mass is 9.79. The molecule has 0 aromatic heterocycles. The van der Waals surface area contributed by atoms with Gasteiger partial charge < -0.3 is 10.5 Å². The zero-order valence-corrected chi connectivity index (χ0v) is 11.7. The lowest BCUT2D eigenvalue weighted by Crippen LogP contribution is -2.40. The van der Waals surface area contributed by atoms with Crippen LogP contribution in [0.4, 0.5) is 0 Å². The van der Waals surface area contributed by atoms with Crippen molar-refractivity contribution >= 4 is 5.78 Å². The Morgan fingerprint density at radius 3 is 2.90 bits per heavy atom. The van der Waals surface area contributed by atoms with Crippen LogP contribution in [0.25, 0.3) is 0 Å². The van der Waals surface area contributed by atoms with Crippen LogP contribution < -0.4 is 10.5 Å². The molecule has 2 fully saturated rings. The summed E-state index contributed by atoms with van der Waals surface area (Å²) in [5.74, 6) is 2.14. The first kappa shape index (κ1) is 12.4. The second kappa shape index (κ2) is 4.59. The molecule has 2 aliphatic carbocycles. The van der Waals surface area contributed by atoms with Gasteiger partial charge in [-0.15, -0.1) is 0 Å². The molecule has 0 radical (unpaired) electrons. The first-order valence-corrected chi connectivity index (χ1v) is 7.80. The average molecular weight is 271 g/mol. The van der Waals surface area contributed by atoms with Gasteiger partial charge in [0.1, 0.15) is 5.75 Å². The quantitative estimate of drug-likeness (QED) is 0.841. The van der Waals surface area contributed by atoms with Crippen LogP contribution in [0.2, 0.25) is 0 Å². The Bertz CT molecular complexity index is 552. The number of hydrogen-bond acceptors (Lipinski definition) is 3. The fourth-order valence-electron chi connectivity index (χ4n) is 4.49. The average Bonchev–Trinajstić information content (AvgIpc) is 3.07. The Balaban J connectivity index is 1.69. The van der Waals surface area contributed by atoms with Crippen molar-refractivity contribution in [2.24, 2.45) is 23.5 Å².